The second-order valence-electron chi connectivity index (χ2n) is 4.94. The number of carboxylic acid groups (broad SMARTS) is 1. The van der Waals surface area contributed by atoms with Gasteiger partial charge < -0.3 is 9.84 Å². The molecule has 21 heavy (non-hydrogen) atoms. The number of nitrogens with zero attached hydrogens (tertiary/aromatic N) is 2. The fourth-order valence-corrected chi connectivity index (χ4v) is 3.64. The fraction of sp³-hybridized carbons (Fsp3) is 0.833. The molecule has 0 spiro atoms. The number of rotatable bonds is 7. The standard InChI is InChI=1S/C12H22N2O6S/c1-10(12(16)17)13-5-7-14(8-6-13)21(18,19)9-3-4-11(15)20-2/h10H,3-9H2,1-2H3,(H,16,17). The van der Waals surface area contributed by atoms with Crippen LogP contribution in [0.3, 0.4) is 0 Å². The minimum absolute atomic E-state index is 0.0751. The normalized spacial score (nSPS) is 19.1. The van der Waals surface area contributed by atoms with E-state index in [4.69, 9.17) is 5.11 Å². The Labute approximate surface area is 124 Å². The van der Waals surface area contributed by atoms with Crippen molar-refractivity contribution < 1.29 is 27.9 Å². The molecule has 1 atom stereocenters. The van der Waals surface area contributed by atoms with E-state index in [1.807, 2.05) is 0 Å². The van der Waals surface area contributed by atoms with Crippen molar-refractivity contribution in [3.8, 4) is 0 Å². The summed E-state index contributed by atoms with van der Waals surface area (Å²) in [5, 5.41) is 8.93. The molecule has 0 aromatic carbocycles. The lowest BCUT2D eigenvalue weighted by Gasteiger charge is -2.35. The molecule has 0 aliphatic carbocycles. The average Bonchev–Trinajstić information content (AvgIpc) is 2.46. The van der Waals surface area contributed by atoms with E-state index in [-0.39, 0.29) is 31.7 Å². The van der Waals surface area contributed by atoms with E-state index in [0.29, 0.717) is 13.1 Å². The van der Waals surface area contributed by atoms with Gasteiger partial charge in [-0.2, -0.15) is 4.31 Å². The highest BCUT2D eigenvalue weighted by Gasteiger charge is 2.30. The van der Waals surface area contributed by atoms with E-state index in [1.54, 1.807) is 11.8 Å². The highest BCUT2D eigenvalue weighted by atomic mass is 32.2. The van der Waals surface area contributed by atoms with Crippen molar-refractivity contribution in [1.82, 2.24) is 9.21 Å². The van der Waals surface area contributed by atoms with Gasteiger partial charge in [0.25, 0.3) is 0 Å². The van der Waals surface area contributed by atoms with E-state index >= 15 is 0 Å². The Morgan fingerprint density at radius 2 is 1.81 bits per heavy atom. The van der Waals surface area contributed by atoms with Crippen LogP contribution in [0.15, 0.2) is 0 Å². The molecule has 1 fully saturated rings. The van der Waals surface area contributed by atoms with E-state index in [2.05, 4.69) is 4.74 Å². The minimum atomic E-state index is -3.41. The summed E-state index contributed by atoms with van der Waals surface area (Å²) in [6.07, 6.45) is 0.298. The molecule has 1 aliphatic heterocycles. The maximum atomic E-state index is 12.1. The van der Waals surface area contributed by atoms with E-state index in [1.165, 1.54) is 11.4 Å². The monoisotopic (exact) mass is 322 g/mol. The number of piperazine rings is 1. The van der Waals surface area contributed by atoms with Crippen LogP contribution in [0, 0.1) is 0 Å². The molecule has 0 saturated carbocycles. The van der Waals surface area contributed by atoms with Crippen LogP contribution in [0.2, 0.25) is 0 Å². The first-order valence-electron chi connectivity index (χ1n) is 6.79. The van der Waals surface area contributed by atoms with Gasteiger partial charge in [0.1, 0.15) is 6.04 Å². The third-order valence-corrected chi connectivity index (χ3v) is 5.54. The van der Waals surface area contributed by atoms with Crippen LogP contribution in [0.25, 0.3) is 0 Å². The van der Waals surface area contributed by atoms with Gasteiger partial charge in [0.05, 0.1) is 12.9 Å². The van der Waals surface area contributed by atoms with Gasteiger partial charge in [-0.05, 0) is 13.3 Å². The van der Waals surface area contributed by atoms with Crippen LogP contribution < -0.4 is 0 Å². The maximum absolute atomic E-state index is 12.1. The molecule has 0 amide bonds. The van der Waals surface area contributed by atoms with Crippen LogP contribution in [-0.4, -0.2) is 79.8 Å². The molecule has 0 radical (unpaired) electrons. The van der Waals surface area contributed by atoms with E-state index in [0.717, 1.165) is 0 Å². The molecule has 0 aromatic rings. The third kappa shape index (κ3) is 5.25. The SMILES string of the molecule is COC(=O)CCCS(=O)(=O)N1CCN(C(C)C(=O)O)CC1. The highest BCUT2D eigenvalue weighted by Crippen LogP contribution is 2.12. The second-order valence-corrected chi connectivity index (χ2v) is 7.03. The number of aliphatic carboxylic acids is 1. The first kappa shape index (κ1) is 17.9. The van der Waals surface area contributed by atoms with Gasteiger partial charge in [-0.1, -0.05) is 0 Å². The zero-order valence-corrected chi connectivity index (χ0v) is 13.1. The zero-order valence-electron chi connectivity index (χ0n) is 12.3. The third-order valence-electron chi connectivity index (χ3n) is 3.58. The van der Waals surface area contributed by atoms with Crippen molar-refractivity contribution in [3.63, 3.8) is 0 Å². The summed E-state index contributed by atoms with van der Waals surface area (Å²) in [5.41, 5.74) is 0. The van der Waals surface area contributed by atoms with Crippen molar-refractivity contribution in [3.05, 3.63) is 0 Å². The second kappa shape index (κ2) is 7.71. The Morgan fingerprint density at radius 1 is 1.24 bits per heavy atom. The molecular formula is C12H22N2O6S. The summed E-state index contributed by atoms with van der Waals surface area (Å²) in [6.45, 7) is 2.92. The quantitative estimate of drug-likeness (QED) is 0.622. The highest BCUT2D eigenvalue weighted by molar-refractivity contribution is 7.89. The molecule has 1 saturated heterocycles. The predicted octanol–water partition coefficient (Wildman–Crippen LogP) is -0.640. The fourth-order valence-electron chi connectivity index (χ4n) is 2.16. The Hall–Kier alpha value is -1.19. The van der Waals surface area contributed by atoms with Crippen molar-refractivity contribution in [2.45, 2.75) is 25.8 Å². The van der Waals surface area contributed by atoms with Crippen LogP contribution in [0.4, 0.5) is 0 Å². The minimum Gasteiger partial charge on any atom is -0.480 e. The van der Waals surface area contributed by atoms with Crippen LogP contribution >= 0.6 is 0 Å². The lowest BCUT2D eigenvalue weighted by atomic mass is 10.2. The number of ether oxygens (including phenoxy) is 1. The van der Waals surface area contributed by atoms with Gasteiger partial charge >= 0.3 is 11.9 Å². The molecule has 1 N–H and O–H groups in total. The molecular weight excluding hydrogens is 300 g/mol. The average molecular weight is 322 g/mol. The topological polar surface area (TPSA) is 104 Å². The molecule has 0 bridgehead atoms. The number of hydrogen-bond donors (Lipinski definition) is 1. The lowest BCUT2D eigenvalue weighted by Crippen LogP contribution is -2.53. The molecule has 1 aliphatic rings. The maximum Gasteiger partial charge on any atom is 0.320 e. The van der Waals surface area contributed by atoms with Gasteiger partial charge in [0.15, 0.2) is 0 Å². The Bertz CT molecular complexity index is 470. The summed E-state index contributed by atoms with van der Waals surface area (Å²) in [7, 11) is -2.14. The van der Waals surface area contributed by atoms with E-state index in [9.17, 15) is 18.0 Å². The van der Waals surface area contributed by atoms with Gasteiger partial charge in [0.2, 0.25) is 10.0 Å². The molecule has 1 heterocycles. The van der Waals surface area contributed by atoms with Crippen LogP contribution in [0.1, 0.15) is 19.8 Å². The largest absolute Gasteiger partial charge is 0.480 e. The first-order chi connectivity index (χ1) is 9.77. The zero-order chi connectivity index (χ0) is 16.0. The molecule has 1 rings (SSSR count). The number of sulfonamides is 1. The lowest BCUT2D eigenvalue weighted by molar-refractivity contribution is -0.143. The smallest absolute Gasteiger partial charge is 0.320 e. The van der Waals surface area contributed by atoms with Crippen molar-refractivity contribution in [2.75, 3.05) is 39.0 Å². The van der Waals surface area contributed by atoms with Crippen molar-refractivity contribution in [2.24, 2.45) is 0 Å². The van der Waals surface area contributed by atoms with Gasteiger partial charge in [0, 0.05) is 32.6 Å². The van der Waals surface area contributed by atoms with Gasteiger partial charge in [-0.25, -0.2) is 8.42 Å². The van der Waals surface area contributed by atoms with Crippen molar-refractivity contribution >= 4 is 22.0 Å². The number of hydrogen-bond acceptors (Lipinski definition) is 6. The van der Waals surface area contributed by atoms with Crippen molar-refractivity contribution in [1.29, 1.82) is 0 Å². The molecule has 122 valence electrons. The Kier molecular flexibility index (Phi) is 6.56. The summed E-state index contributed by atoms with van der Waals surface area (Å²) in [5.74, 6) is -1.44. The first-order valence-corrected chi connectivity index (χ1v) is 8.40. The number of esters is 1. The molecule has 1 unspecified atom stereocenters. The summed E-state index contributed by atoms with van der Waals surface area (Å²) >= 11 is 0. The predicted molar refractivity (Wildman–Crippen MR) is 75.3 cm³/mol. The van der Waals surface area contributed by atoms with E-state index < -0.39 is 28.0 Å². The van der Waals surface area contributed by atoms with Gasteiger partial charge in [-0.15, -0.1) is 0 Å². The summed E-state index contributed by atoms with van der Waals surface area (Å²) in [6, 6.07) is -0.617. The number of methoxy groups -OCH3 is 1. The number of carbonyl (C=O) groups is 2. The number of carbonyl (C=O) groups excluding carboxylic acids is 1. The van der Waals surface area contributed by atoms with Gasteiger partial charge in [-0.3, -0.25) is 14.5 Å². The van der Waals surface area contributed by atoms with Crippen LogP contribution in [0.5, 0.6) is 0 Å². The summed E-state index contributed by atoms with van der Waals surface area (Å²) in [4.78, 5) is 23.6. The molecule has 9 heteroatoms. The Balaban J connectivity index is 2.45. The molecule has 0 aromatic heterocycles. The Morgan fingerprint density at radius 3 is 2.29 bits per heavy atom. The summed E-state index contributed by atoms with van der Waals surface area (Å²) < 4.78 is 30.0. The van der Waals surface area contributed by atoms with Crippen LogP contribution in [-0.2, 0) is 24.3 Å². The molecule has 8 nitrogen and oxygen atoms in total. The number of carboxylic acids is 1.